The molecule has 1 aromatic rings. The van der Waals surface area contributed by atoms with Crippen LogP contribution >= 0.6 is 11.8 Å². The fourth-order valence-electron chi connectivity index (χ4n) is 2.02. The third-order valence-electron chi connectivity index (χ3n) is 2.96. The summed E-state index contributed by atoms with van der Waals surface area (Å²) in [5, 5.41) is 11.5. The van der Waals surface area contributed by atoms with Crippen LogP contribution in [0.1, 0.15) is 24.0 Å². The summed E-state index contributed by atoms with van der Waals surface area (Å²) >= 11 is 1.71. The number of thioether (sulfide) groups is 1. The Bertz CT molecular complexity index is 462. The molecular weight excluding hydrogens is 267 g/mol. The van der Waals surface area contributed by atoms with Crippen molar-refractivity contribution in [3.63, 3.8) is 0 Å². The van der Waals surface area contributed by atoms with Gasteiger partial charge in [0.1, 0.15) is 5.82 Å². The van der Waals surface area contributed by atoms with E-state index in [-0.39, 0.29) is 11.7 Å². The number of nitrogens with zero attached hydrogens (tertiary/aromatic N) is 1. The zero-order valence-corrected chi connectivity index (χ0v) is 11.3. The molecule has 0 spiro atoms. The van der Waals surface area contributed by atoms with E-state index in [4.69, 9.17) is 15.7 Å². The van der Waals surface area contributed by atoms with Crippen LogP contribution in [0.3, 0.4) is 0 Å². The van der Waals surface area contributed by atoms with Gasteiger partial charge in [-0.25, -0.2) is 4.39 Å². The molecule has 0 saturated carbocycles. The van der Waals surface area contributed by atoms with E-state index in [2.05, 4.69) is 5.16 Å². The number of nitrogens with two attached hydrogens (primary N) is 1. The van der Waals surface area contributed by atoms with E-state index < -0.39 is 0 Å². The molecule has 0 aliphatic carbocycles. The average molecular weight is 284 g/mol. The Hall–Kier alpha value is -1.27. The minimum absolute atomic E-state index is 0.0788. The van der Waals surface area contributed by atoms with Gasteiger partial charge >= 0.3 is 0 Å². The first kappa shape index (κ1) is 14.1. The summed E-state index contributed by atoms with van der Waals surface area (Å²) in [5.41, 5.74) is 6.69. The van der Waals surface area contributed by atoms with Crippen LogP contribution in [-0.2, 0) is 10.5 Å². The van der Waals surface area contributed by atoms with Crippen LogP contribution in [0.4, 0.5) is 4.39 Å². The number of hydrogen-bond acceptors (Lipinski definition) is 4. The van der Waals surface area contributed by atoms with Gasteiger partial charge in [0.25, 0.3) is 0 Å². The molecule has 1 saturated heterocycles. The smallest absolute Gasteiger partial charge is 0.170 e. The second-order valence-corrected chi connectivity index (χ2v) is 5.51. The molecule has 0 radical (unpaired) electrons. The van der Waals surface area contributed by atoms with Gasteiger partial charge in [-0.3, -0.25) is 0 Å². The number of halogens is 1. The molecule has 0 aromatic heterocycles. The Kier molecular flexibility index (Phi) is 5.04. The standard InChI is InChI=1S/C13H17FN2O2S/c14-11-5-9(4-10(6-11)13(15)16-17)7-19-8-12-2-1-3-18-12/h4-6,12,17H,1-3,7-8H2,(H2,15,16). The van der Waals surface area contributed by atoms with E-state index in [0.29, 0.717) is 17.4 Å². The second-order valence-electron chi connectivity index (χ2n) is 4.48. The van der Waals surface area contributed by atoms with Crippen molar-refractivity contribution >= 4 is 17.6 Å². The van der Waals surface area contributed by atoms with Crippen molar-refractivity contribution in [1.82, 2.24) is 0 Å². The van der Waals surface area contributed by atoms with Crippen LogP contribution in [0.25, 0.3) is 0 Å². The van der Waals surface area contributed by atoms with Gasteiger partial charge in [-0.2, -0.15) is 11.8 Å². The third-order valence-corrected chi connectivity index (χ3v) is 4.10. The molecule has 1 aliphatic rings. The van der Waals surface area contributed by atoms with E-state index in [1.54, 1.807) is 17.8 Å². The van der Waals surface area contributed by atoms with Gasteiger partial charge in [0.15, 0.2) is 5.84 Å². The summed E-state index contributed by atoms with van der Waals surface area (Å²) in [6, 6.07) is 4.46. The third kappa shape index (κ3) is 4.11. The highest BCUT2D eigenvalue weighted by Gasteiger charge is 2.15. The highest BCUT2D eigenvalue weighted by molar-refractivity contribution is 7.98. The lowest BCUT2D eigenvalue weighted by Crippen LogP contribution is -2.13. The number of benzene rings is 1. The molecule has 6 heteroatoms. The van der Waals surface area contributed by atoms with Gasteiger partial charge < -0.3 is 15.7 Å². The summed E-state index contributed by atoms with van der Waals surface area (Å²) in [6.45, 7) is 0.846. The minimum atomic E-state index is -0.378. The van der Waals surface area contributed by atoms with Crippen molar-refractivity contribution in [2.45, 2.75) is 24.7 Å². The maximum atomic E-state index is 13.4. The van der Waals surface area contributed by atoms with E-state index in [9.17, 15) is 4.39 Å². The largest absolute Gasteiger partial charge is 0.409 e. The number of rotatable bonds is 5. The van der Waals surface area contributed by atoms with Crippen LogP contribution in [-0.4, -0.2) is 29.5 Å². The molecule has 3 N–H and O–H groups in total. The van der Waals surface area contributed by atoms with E-state index in [1.165, 1.54) is 12.1 Å². The lowest BCUT2D eigenvalue weighted by atomic mass is 10.1. The van der Waals surface area contributed by atoms with Crippen molar-refractivity contribution in [2.75, 3.05) is 12.4 Å². The van der Waals surface area contributed by atoms with Crippen LogP contribution in [0.2, 0.25) is 0 Å². The summed E-state index contributed by atoms with van der Waals surface area (Å²) in [5.74, 6) is 1.14. The van der Waals surface area contributed by atoms with Gasteiger partial charge in [0.2, 0.25) is 0 Å². The molecule has 1 heterocycles. The summed E-state index contributed by atoms with van der Waals surface area (Å²) in [7, 11) is 0. The highest BCUT2D eigenvalue weighted by Crippen LogP contribution is 2.21. The SMILES string of the molecule is N/C(=N/O)c1cc(F)cc(CSCC2CCCO2)c1. The van der Waals surface area contributed by atoms with Crippen LogP contribution in [0, 0.1) is 5.82 Å². The number of oxime groups is 1. The lowest BCUT2D eigenvalue weighted by Gasteiger charge is -2.09. The number of hydrogen-bond donors (Lipinski definition) is 2. The van der Waals surface area contributed by atoms with Gasteiger partial charge in [0, 0.05) is 23.7 Å². The van der Waals surface area contributed by atoms with Crippen LogP contribution < -0.4 is 5.73 Å². The molecule has 1 fully saturated rings. The molecule has 2 rings (SSSR count). The fourth-order valence-corrected chi connectivity index (χ4v) is 3.07. The van der Waals surface area contributed by atoms with Crippen molar-refractivity contribution in [2.24, 2.45) is 10.9 Å². The first-order valence-electron chi connectivity index (χ1n) is 6.16. The van der Waals surface area contributed by atoms with Crippen molar-refractivity contribution < 1.29 is 14.3 Å². The van der Waals surface area contributed by atoms with Crippen LogP contribution in [0.15, 0.2) is 23.4 Å². The minimum Gasteiger partial charge on any atom is -0.409 e. The van der Waals surface area contributed by atoms with Gasteiger partial charge in [-0.1, -0.05) is 5.16 Å². The molecule has 1 atom stereocenters. The van der Waals surface area contributed by atoms with Gasteiger partial charge in [0.05, 0.1) is 6.10 Å². The predicted molar refractivity (Wildman–Crippen MR) is 74.0 cm³/mol. The van der Waals surface area contributed by atoms with Crippen LogP contribution in [0.5, 0.6) is 0 Å². The molecule has 0 bridgehead atoms. The fraction of sp³-hybridized carbons (Fsp3) is 0.462. The molecule has 19 heavy (non-hydrogen) atoms. The summed E-state index contributed by atoms with van der Waals surface area (Å²) in [4.78, 5) is 0. The molecule has 1 unspecified atom stereocenters. The highest BCUT2D eigenvalue weighted by atomic mass is 32.2. The number of ether oxygens (including phenoxy) is 1. The van der Waals surface area contributed by atoms with E-state index in [1.807, 2.05) is 0 Å². The zero-order valence-electron chi connectivity index (χ0n) is 10.5. The monoisotopic (exact) mass is 284 g/mol. The Morgan fingerprint density at radius 1 is 1.53 bits per heavy atom. The van der Waals surface area contributed by atoms with Crippen molar-refractivity contribution in [3.05, 3.63) is 35.1 Å². The Morgan fingerprint density at radius 2 is 2.37 bits per heavy atom. The van der Waals surface area contributed by atoms with Crippen molar-refractivity contribution in [1.29, 1.82) is 0 Å². The second kappa shape index (κ2) is 6.77. The first-order chi connectivity index (χ1) is 9.19. The summed E-state index contributed by atoms with van der Waals surface area (Å²) < 4.78 is 19.0. The Balaban J connectivity index is 1.93. The number of amidine groups is 1. The molecule has 1 aliphatic heterocycles. The molecule has 104 valence electrons. The van der Waals surface area contributed by atoms with E-state index >= 15 is 0 Å². The van der Waals surface area contributed by atoms with Crippen molar-refractivity contribution in [3.8, 4) is 0 Å². The molecule has 1 aromatic carbocycles. The molecule has 0 amide bonds. The Labute approximate surface area is 115 Å². The Morgan fingerprint density at radius 3 is 3.05 bits per heavy atom. The van der Waals surface area contributed by atoms with Gasteiger partial charge in [-0.15, -0.1) is 0 Å². The van der Waals surface area contributed by atoms with E-state index in [0.717, 1.165) is 30.8 Å². The molecular formula is C13H17FN2O2S. The topological polar surface area (TPSA) is 67.8 Å². The predicted octanol–water partition coefficient (Wildman–Crippen LogP) is 2.33. The molecule has 4 nitrogen and oxygen atoms in total. The first-order valence-corrected chi connectivity index (χ1v) is 7.31. The average Bonchev–Trinajstić information content (AvgIpc) is 2.90. The maximum Gasteiger partial charge on any atom is 0.170 e. The normalized spacial score (nSPS) is 19.8. The maximum absolute atomic E-state index is 13.4. The van der Waals surface area contributed by atoms with Gasteiger partial charge in [-0.05, 0) is 36.6 Å². The quantitative estimate of drug-likeness (QED) is 0.377. The lowest BCUT2D eigenvalue weighted by molar-refractivity contribution is 0.129. The zero-order chi connectivity index (χ0) is 13.7. The summed E-state index contributed by atoms with van der Waals surface area (Å²) in [6.07, 6.45) is 2.55.